The zero-order valence-electron chi connectivity index (χ0n) is 26.1. The van der Waals surface area contributed by atoms with E-state index < -0.39 is 15.4 Å². The molecule has 5 heteroatoms. The Morgan fingerprint density at radius 2 is 0.900 bits per heavy atom. The van der Waals surface area contributed by atoms with Crippen molar-refractivity contribution in [3.8, 4) is 0 Å². The molecule has 4 aliphatic carbocycles. The molecular weight excluding hydrogens is 521 g/mol. The van der Waals surface area contributed by atoms with E-state index in [0.717, 1.165) is 24.2 Å². The molecule has 1 aliphatic heterocycles. The topological polar surface area (TPSA) is 18.8 Å². The number of rotatable bonds is 8. The van der Waals surface area contributed by atoms with Crippen molar-refractivity contribution in [1.82, 2.24) is 9.34 Å². The van der Waals surface area contributed by atoms with Gasteiger partial charge in [-0.2, -0.15) is 0 Å². The van der Waals surface area contributed by atoms with Crippen molar-refractivity contribution in [1.29, 1.82) is 0 Å². The van der Waals surface area contributed by atoms with Crippen molar-refractivity contribution in [2.75, 3.05) is 0 Å². The van der Waals surface area contributed by atoms with Gasteiger partial charge < -0.3 is 0 Å². The number of hydrogen-bond acceptors (Lipinski definition) is 3. The second-order valence-electron chi connectivity index (χ2n) is 14.9. The van der Waals surface area contributed by atoms with Crippen LogP contribution in [-0.2, 0) is 0 Å². The van der Waals surface area contributed by atoms with Crippen LogP contribution in [-0.4, -0.2) is 41.6 Å². The van der Waals surface area contributed by atoms with Crippen LogP contribution in [0.25, 0.3) is 5.70 Å². The van der Waals surface area contributed by atoms with Crippen molar-refractivity contribution < 1.29 is 0 Å². The van der Waals surface area contributed by atoms with Crippen LogP contribution in [0.1, 0.15) is 134 Å². The number of nitrogens with zero attached hydrogens (tertiary/aromatic N) is 3. The van der Waals surface area contributed by atoms with Gasteiger partial charge in [0, 0.05) is 34.7 Å². The Balaban J connectivity index is 1.57. The minimum Gasteiger partial charge on any atom is -0.248 e. The quantitative estimate of drug-likeness (QED) is 0.225. The van der Waals surface area contributed by atoms with Gasteiger partial charge in [0.2, 0.25) is 0 Å². The SMILES string of the molecule is C[Si](C)(C)C1=C(c2ccccc2)N=P1(N(C1CCCCC1)C1CCCCC1)N(C1CCCCC1)C1CCCCC1. The molecule has 5 aliphatic rings. The third-order valence-electron chi connectivity index (χ3n) is 11.0. The Kier molecular flexibility index (Phi) is 9.49. The van der Waals surface area contributed by atoms with Crippen LogP contribution in [0.3, 0.4) is 0 Å². The third kappa shape index (κ3) is 5.78. The first kappa shape index (κ1) is 29.4. The predicted molar refractivity (Wildman–Crippen MR) is 177 cm³/mol. The van der Waals surface area contributed by atoms with Gasteiger partial charge in [-0.25, -0.2) is 14.1 Å². The summed E-state index contributed by atoms with van der Waals surface area (Å²) in [6.45, 7) is 8.03. The molecule has 0 unspecified atom stereocenters. The van der Waals surface area contributed by atoms with Gasteiger partial charge in [-0.15, -0.1) is 0 Å². The Morgan fingerprint density at radius 1 is 0.550 bits per heavy atom. The molecule has 222 valence electrons. The molecule has 0 N–H and O–H groups in total. The third-order valence-corrected chi connectivity index (χ3v) is 19.4. The summed E-state index contributed by atoms with van der Waals surface area (Å²) in [7, 11) is -3.67. The first-order valence-corrected chi connectivity index (χ1v) is 22.7. The van der Waals surface area contributed by atoms with Gasteiger partial charge in [0.1, 0.15) is 7.36 Å². The highest BCUT2D eigenvalue weighted by Gasteiger charge is 2.56. The van der Waals surface area contributed by atoms with E-state index in [1.165, 1.54) is 140 Å². The fraction of sp³-hybridized carbons (Fsp3) is 0.771. The maximum absolute atomic E-state index is 6.25. The molecule has 3 nitrogen and oxygen atoms in total. The van der Waals surface area contributed by atoms with Crippen LogP contribution in [0, 0.1) is 0 Å². The number of benzene rings is 1. The molecule has 0 atom stereocenters. The first-order valence-electron chi connectivity index (χ1n) is 17.5. The normalized spacial score (nSPS) is 26.2. The second kappa shape index (κ2) is 12.9. The molecule has 0 bridgehead atoms. The smallest absolute Gasteiger partial charge is 0.127 e. The summed E-state index contributed by atoms with van der Waals surface area (Å²) in [6, 6.07) is 14.4. The molecule has 0 radical (unpaired) electrons. The van der Waals surface area contributed by atoms with Crippen molar-refractivity contribution in [2.45, 2.75) is 172 Å². The molecule has 1 aromatic rings. The molecule has 0 saturated heterocycles. The highest BCUT2D eigenvalue weighted by atomic mass is 31.2. The zero-order chi connectivity index (χ0) is 27.6. The summed E-state index contributed by atoms with van der Waals surface area (Å²) in [4.78, 5) is 1.90. The lowest BCUT2D eigenvalue weighted by molar-refractivity contribution is 0.129. The van der Waals surface area contributed by atoms with E-state index in [1.807, 2.05) is 4.94 Å². The van der Waals surface area contributed by atoms with Crippen LogP contribution in [0.15, 0.2) is 40.0 Å². The van der Waals surface area contributed by atoms with Crippen LogP contribution < -0.4 is 0 Å². The Labute approximate surface area is 247 Å². The minimum atomic E-state index is -1.98. The summed E-state index contributed by atoms with van der Waals surface area (Å²) in [6.07, 6.45) is 28.5. The van der Waals surface area contributed by atoms with E-state index >= 15 is 0 Å². The molecule has 4 saturated carbocycles. The van der Waals surface area contributed by atoms with E-state index in [9.17, 15) is 0 Å². The highest BCUT2D eigenvalue weighted by molar-refractivity contribution is 7.71. The average molecular weight is 580 g/mol. The largest absolute Gasteiger partial charge is 0.248 e. The fourth-order valence-electron chi connectivity index (χ4n) is 9.27. The summed E-state index contributed by atoms with van der Waals surface area (Å²) >= 11 is 0. The van der Waals surface area contributed by atoms with E-state index in [-0.39, 0.29) is 0 Å². The second-order valence-corrected chi connectivity index (χ2v) is 23.0. The Morgan fingerprint density at radius 3 is 1.23 bits per heavy atom. The summed E-state index contributed by atoms with van der Waals surface area (Å²) in [5, 5.41) is 0. The van der Waals surface area contributed by atoms with Crippen LogP contribution >= 0.6 is 7.36 Å². The molecule has 4 fully saturated rings. The van der Waals surface area contributed by atoms with E-state index in [1.54, 1.807) is 0 Å². The molecular formula is C35H58N3PSi. The molecule has 1 heterocycles. The monoisotopic (exact) mass is 579 g/mol. The molecule has 0 spiro atoms. The van der Waals surface area contributed by atoms with Gasteiger partial charge in [-0.3, -0.25) is 0 Å². The van der Waals surface area contributed by atoms with E-state index in [4.69, 9.17) is 4.74 Å². The van der Waals surface area contributed by atoms with Crippen molar-refractivity contribution in [3.05, 3.63) is 40.8 Å². The first-order chi connectivity index (χ1) is 19.5. The maximum atomic E-state index is 6.25. The van der Waals surface area contributed by atoms with Crippen molar-refractivity contribution >= 4 is 21.1 Å². The van der Waals surface area contributed by atoms with Gasteiger partial charge in [-0.1, -0.05) is 127 Å². The van der Waals surface area contributed by atoms with Gasteiger partial charge in [0.05, 0.1) is 13.8 Å². The van der Waals surface area contributed by atoms with E-state index in [0.29, 0.717) is 0 Å². The Hall–Kier alpha value is -0.673. The lowest BCUT2D eigenvalue weighted by atomic mass is 9.90. The minimum absolute atomic E-state index is 0.743. The summed E-state index contributed by atoms with van der Waals surface area (Å²) in [5.41, 5.74) is 2.83. The summed E-state index contributed by atoms with van der Waals surface area (Å²) in [5.74, 6) is 0. The zero-order valence-corrected chi connectivity index (χ0v) is 28.0. The van der Waals surface area contributed by atoms with Crippen molar-refractivity contribution in [3.63, 3.8) is 0 Å². The Bertz CT molecular complexity index is 972. The standard InChI is InChI=1S/C35H58N3PSi/c1-40(2,3)35-34(29-19-9-4-10-20-29)36-39(35,37(30-21-11-5-12-22-30)31-23-13-6-14-24-31)38(32-25-15-7-16-26-32)33-27-17-8-18-28-33/h4,9-10,19-20,30-33H,5-8,11-18,21-28H2,1-3H3. The molecule has 1 aromatic carbocycles. The molecule has 0 amide bonds. The van der Waals surface area contributed by atoms with Crippen LogP contribution in [0.5, 0.6) is 0 Å². The average Bonchev–Trinajstić information content (AvgIpc) is 2.97. The molecule has 0 aromatic heterocycles. The lowest BCUT2D eigenvalue weighted by Crippen LogP contribution is -2.55. The van der Waals surface area contributed by atoms with Crippen LogP contribution in [0.4, 0.5) is 0 Å². The van der Waals surface area contributed by atoms with Crippen LogP contribution in [0.2, 0.25) is 19.6 Å². The molecule has 40 heavy (non-hydrogen) atoms. The maximum Gasteiger partial charge on any atom is 0.127 e. The summed E-state index contributed by atoms with van der Waals surface area (Å²) < 4.78 is 12.9. The number of hydrogen-bond donors (Lipinski definition) is 0. The predicted octanol–water partition coefficient (Wildman–Crippen LogP) is 11.2. The molecule has 6 rings (SSSR count). The van der Waals surface area contributed by atoms with Crippen molar-refractivity contribution in [2.24, 2.45) is 4.74 Å². The van der Waals surface area contributed by atoms with Gasteiger partial charge in [0.25, 0.3) is 0 Å². The van der Waals surface area contributed by atoms with Gasteiger partial charge >= 0.3 is 0 Å². The van der Waals surface area contributed by atoms with Gasteiger partial charge in [-0.05, 0) is 51.4 Å². The van der Waals surface area contributed by atoms with E-state index in [2.05, 4.69) is 59.3 Å². The fourth-order valence-corrected chi connectivity index (χ4v) is 19.3. The highest BCUT2D eigenvalue weighted by Crippen LogP contribution is 2.78. The van der Waals surface area contributed by atoms with Gasteiger partial charge in [0.15, 0.2) is 0 Å². The lowest BCUT2D eigenvalue weighted by Gasteiger charge is -2.61.